The van der Waals surface area contributed by atoms with Gasteiger partial charge in [0.05, 0.1) is 17.4 Å². The fraction of sp³-hybridized carbons (Fsp3) is 0.167. The zero-order valence-electron chi connectivity index (χ0n) is 9.42. The molecule has 1 heterocycles. The molecular weight excluding hydrogens is 234 g/mol. The van der Waals surface area contributed by atoms with Crippen LogP contribution in [0.5, 0.6) is 0 Å². The molecule has 0 aliphatic rings. The Morgan fingerprint density at radius 2 is 2.24 bits per heavy atom. The average Bonchev–Trinajstić information content (AvgIpc) is 2.77. The van der Waals surface area contributed by atoms with E-state index in [2.05, 4.69) is 23.0 Å². The van der Waals surface area contributed by atoms with Crippen LogP contribution in [0.15, 0.2) is 41.6 Å². The summed E-state index contributed by atoms with van der Waals surface area (Å²) in [7, 11) is 0. The van der Waals surface area contributed by atoms with Crippen molar-refractivity contribution in [1.82, 2.24) is 9.78 Å². The molecule has 0 aliphatic heterocycles. The number of thiol groups is 1. The highest BCUT2D eigenvalue weighted by Gasteiger charge is 2.09. The average molecular weight is 247 g/mol. The lowest BCUT2D eigenvalue weighted by Crippen LogP contribution is -2.12. The second-order valence-corrected chi connectivity index (χ2v) is 4.04. The van der Waals surface area contributed by atoms with Crippen LogP contribution in [-0.4, -0.2) is 15.7 Å². The lowest BCUT2D eigenvalue weighted by molar-refractivity contribution is 0.102. The lowest BCUT2D eigenvalue weighted by atomic mass is 10.2. The zero-order chi connectivity index (χ0) is 12.3. The van der Waals surface area contributed by atoms with Crippen molar-refractivity contribution < 1.29 is 4.79 Å². The lowest BCUT2D eigenvalue weighted by Gasteiger charge is -2.04. The number of nitrogens with one attached hydrogen (secondary N) is 1. The number of aromatic nitrogens is 2. The molecule has 0 aliphatic carbocycles. The Morgan fingerprint density at radius 3 is 2.88 bits per heavy atom. The van der Waals surface area contributed by atoms with E-state index in [4.69, 9.17) is 0 Å². The minimum absolute atomic E-state index is 0.175. The maximum absolute atomic E-state index is 11.9. The van der Waals surface area contributed by atoms with Crippen molar-refractivity contribution in [3.63, 3.8) is 0 Å². The first kappa shape index (κ1) is 11.7. The smallest absolute Gasteiger partial charge is 0.256 e. The number of hydrogen-bond acceptors (Lipinski definition) is 3. The fourth-order valence-corrected chi connectivity index (χ4v) is 1.73. The second-order valence-electron chi connectivity index (χ2n) is 3.56. The van der Waals surface area contributed by atoms with E-state index in [0.717, 1.165) is 6.54 Å². The molecule has 0 atom stereocenters. The normalized spacial score (nSPS) is 10.2. The van der Waals surface area contributed by atoms with Crippen molar-refractivity contribution in [2.75, 3.05) is 5.32 Å². The van der Waals surface area contributed by atoms with E-state index in [1.807, 2.05) is 19.1 Å². The molecule has 0 bridgehead atoms. The quantitative estimate of drug-likeness (QED) is 0.818. The largest absolute Gasteiger partial charge is 0.319 e. The Labute approximate surface area is 105 Å². The maximum Gasteiger partial charge on any atom is 0.256 e. The van der Waals surface area contributed by atoms with Gasteiger partial charge in [0.1, 0.15) is 0 Å². The van der Waals surface area contributed by atoms with E-state index in [1.54, 1.807) is 29.2 Å². The molecule has 4 nitrogen and oxygen atoms in total. The number of carbonyl (C=O) groups excluding carboxylic acids is 1. The van der Waals surface area contributed by atoms with Gasteiger partial charge in [-0.3, -0.25) is 9.48 Å². The molecule has 0 unspecified atom stereocenters. The molecule has 5 heteroatoms. The van der Waals surface area contributed by atoms with Gasteiger partial charge in [-0.2, -0.15) is 5.10 Å². The van der Waals surface area contributed by atoms with Crippen LogP contribution in [0.1, 0.15) is 17.3 Å². The fourth-order valence-electron chi connectivity index (χ4n) is 1.47. The van der Waals surface area contributed by atoms with E-state index in [9.17, 15) is 4.79 Å². The van der Waals surface area contributed by atoms with E-state index >= 15 is 0 Å². The van der Waals surface area contributed by atoms with Gasteiger partial charge in [-0.05, 0) is 19.1 Å². The van der Waals surface area contributed by atoms with Crippen LogP contribution in [0.25, 0.3) is 0 Å². The van der Waals surface area contributed by atoms with Gasteiger partial charge in [-0.25, -0.2) is 0 Å². The van der Waals surface area contributed by atoms with Crippen molar-refractivity contribution in [2.45, 2.75) is 18.4 Å². The summed E-state index contributed by atoms with van der Waals surface area (Å²) in [5, 5.41) is 6.87. The highest BCUT2D eigenvalue weighted by Crippen LogP contribution is 2.15. The first-order chi connectivity index (χ1) is 8.20. The van der Waals surface area contributed by atoms with Crippen molar-refractivity contribution in [3.8, 4) is 0 Å². The van der Waals surface area contributed by atoms with Crippen LogP contribution in [0, 0.1) is 0 Å². The number of amides is 1. The first-order valence-corrected chi connectivity index (χ1v) is 5.77. The Bertz CT molecular complexity index is 536. The number of aryl methyl sites for hydroxylation is 1. The molecule has 0 saturated heterocycles. The van der Waals surface area contributed by atoms with E-state index < -0.39 is 0 Å². The highest BCUT2D eigenvalue weighted by molar-refractivity contribution is 7.80. The molecule has 2 aromatic rings. The topological polar surface area (TPSA) is 46.9 Å². The summed E-state index contributed by atoms with van der Waals surface area (Å²) in [4.78, 5) is 12.6. The Hall–Kier alpha value is -1.75. The number of carbonyl (C=O) groups is 1. The molecule has 2 rings (SSSR count). The molecular formula is C12H13N3OS. The monoisotopic (exact) mass is 247 g/mol. The summed E-state index contributed by atoms with van der Waals surface area (Å²) in [5.41, 5.74) is 1.24. The Morgan fingerprint density at radius 1 is 1.47 bits per heavy atom. The van der Waals surface area contributed by atoms with Crippen molar-refractivity contribution in [3.05, 3.63) is 42.2 Å². The van der Waals surface area contributed by atoms with Crippen LogP contribution >= 0.6 is 12.6 Å². The van der Waals surface area contributed by atoms with Crippen LogP contribution in [0.3, 0.4) is 0 Å². The second kappa shape index (κ2) is 5.05. The Balaban J connectivity index is 2.14. The van der Waals surface area contributed by atoms with Crippen molar-refractivity contribution in [2.24, 2.45) is 0 Å². The molecule has 1 aromatic heterocycles. The molecule has 0 spiro atoms. The molecule has 88 valence electrons. The van der Waals surface area contributed by atoms with E-state index in [1.165, 1.54) is 0 Å². The number of rotatable bonds is 3. The predicted molar refractivity (Wildman–Crippen MR) is 69.5 cm³/mol. The SMILES string of the molecule is CCn1cc(NC(=O)c2ccccc2S)cn1. The third-order valence-electron chi connectivity index (χ3n) is 2.36. The molecule has 1 N–H and O–H groups in total. The Kier molecular flexibility index (Phi) is 3.49. The standard InChI is InChI=1S/C12H13N3OS/c1-2-15-8-9(7-13-15)14-12(16)10-5-3-4-6-11(10)17/h3-8,17H,2H2,1H3,(H,14,16). The number of nitrogens with zero attached hydrogens (tertiary/aromatic N) is 2. The van der Waals surface area contributed by atoms with E-state index in [0.29, 0.717) is 16.1 Å². The van der Waals surface area contributed by atoms with Gasteiger partial charge < -0.3 is 5.32 Å². The van der Waals surface area contributed by atoms with Crippen LogP contribution in [0.2, 0.25) is 0 Å². The van der Waals surface area contributed by atoms with E-state index in [-0.39, 0.29) is 5.91 Å². The minimum Gasteiger partial charge on any atom is -0.319 e. The van der Waals surface area contributed by atoms with Crippen LogP contribution in [0.4, 0.5) is 5.69 Å². The maximum atomic E-state index is 11.9. The van der Waals surface area contributed by atoms with Crippen molar-refractivity contribution >= 4 is 24.2 Å². The number of benzene rings is 1. The molecule has 17 heavy (non-hydrogen) atoms. The van der Waals surface area contributed by atoms with Crippen LogP contribution in [-0.2, 0) is 6.54 Å². The molecule has 0 radical (unpaired) electrons. The predicted octanol–water partition coefficient (Wildman–Crippen LogP) is 2.44. The number of anilines is 1. The summed E-state index contributed by atoms with van der Waals surface area (Å²) in [5.74, 6) is -0.175. The van der Waals surface area contributed by atoms with Gasteiger partial charge in [-0.1, -0.05) is 12.1 Å². The van der Waals surface area contributed by atoms with Gasteiger partial charge in [0.15, 0.2) is 0 Å². The third-order valence-corrected chi connectivity index (χ3v) is 2.75. The molecule has 0 saturated carbocycles. The molecule has 1 aromatic carbocycles. The zero-order valence-corrected chi connectivity index (χ0v) is 10.3. The van der Waals surface area contributed by atoms with Gasteiger partial charge >= 0.3 is 0 Å². The summed E-state index contributed by atoms with van der Waals surface area (Å²) in [6, 6.07) is 7.17. The highest BCUT2D eigenvalue weighted by atomic mass is 32.1. The van der Waals surface area contributed by atoms with Crippen LogP contribution < -0.4 is 5.32 Å². The molecule has 0 fully saturated rings. The van der Waals surface area contributed by atoms with Gasteiger partial charge in [0.2, 0.25) is 0 Å². The van der Waals surface area contributed by atoms with Gasteiger partial charge in [0.25, 0.3) is 5.91 Å². The van der Waals surface area contributed by atoms with Crippen molar-refractivity contribution in [1.29, 1.82) is 0 Å². The van der Waals surface area contributed by atoms with Gasteiger partial charge in [0, 0.05) is 17.6 Å². The summed E-state index contributed by atoms with van der Waals surface area (Å²) < 4.78 is 1.75. The summed E-state index contributed by atoms with van der Waals surface area (Å²) in [6.07, 6.45) is 3.42. The summed E-state index contributed by atoms with van der Waals surface area (Å²) >= 11 is 4.25. The third kappa shape index (κ3) is 2.68. The first-order valence-electron chi connectivity index (χ1n) is 5.32. The number of hydrogen-bond donors (Lipinski definition) is 2. The summed E-state index contributed by atoms with van der Waals surface area (Å²) in [6.45, 7) is 2.76. The molecule has 1 amide bonds. The minimum atomic E-state index is -0.175. The van der Waals surface area contributed by atoms with Gasteiger partial charge in [-0.15, -0.1) is 12.6 Å².